The topological polar surface area (TPSA) is 0 Å². The van der Waals surface area contributed by atoms with Gasteiger partial charge in [0, 0.05) is 0 Å². The van der Waals surface area contributed by atoms with Crippen LogP contribution in [0, 0.1) is 17.3 Å². The SMILES string of the molecule is C1CC2CC3(C1)CCCC23. The predicted octanol–water partition coefficient (Wildman–Crippen LogP) is 2.98. The Morgan fingerprint density at radius 2 is 1.80 bits per heavy atom. The first-order chi connectivity index (χ1) is 4.91. The zero-order chi connectivity index (χ0) is 6.60. The normalized spacial score (nSPS) is 57.6. The third-order valence-electron chi connectivity index (χ3n) is 4.46. The van der Waals surface area contributed by atoms with E-state index >= 15 is 0 Å². The number of hydrogen-bond acceptors (Lipinski definition) is 0. The molecule has 4 aliphatic carbocycles. The van der Waals surface area contributed by atoms with Crippen molar-refractivity contribution in [2.45, 2.75) is 44.9 Å². The average molecular weight is 136 g/mol. The highest BCUT2D eigenvalue weighted by molar-refractivity contribution is 5.07. The molecule has 0 heteroatoms. The van der Waals surface area contributed by atoms with E-state index in [0.29, 0.717) is 0 Å². The van der Waals surface area contributed by atoms with Crippen LogP contribution >= 0.6 is 0 Å². The fourth-order valence-electron chi connectivity index (χ4n) is 4.09. The first kappa shape index (κ1) is 5.62. The van der Waals surface area contributed by atoms with Gasteiger partial charge in [0.15, 0.2) is 0 Å². The van der Waals surface area contributed by atoms with Crippen molar-refractivity contribution in [1.29, 1.82) is 0 Å². The second kappa shape index (κ2) is 1.60. The Hall–Kier alpha value is 0. The summed E-state index contributed by atoms with van der Waals surface area (Å²) in [5.41, 5.74) is 0.933. The lowest BCUT2D eigenvalue weighted by molar-refractivity contribution is -0.0651. The van der Waals surface area contributed by atoms with Crippen LogP contribution in [0.2, 0.25) is 0 Å². The van der Waals surface area contributed by atoms with Crippen molar-refractivity contribution < 1.29 is 0 Å². The van der Waals surface area contributed by atoms with Gasteiger partial charge >= 0.3 is 0 Å². The summed E-state index contributed by atoms with van der Waals surface area (Å²) in [4.78, 5) is 0. The summed E-state index contributed by atoms with van der Waals surface area (Å²) in [5.74, 6) is 2.40. The lowest BCUT2D eigenvalue weighted by Gasteiger charge is -2.56. The van der Waals surface area contributed by atoms with Crippen molar-refractivity contribution in [1.82, 2.24) is 0 Å². The molecule has 0 heterocycles. The Labute approximate surface area is 63.0 Å². The van der Waals surface area contributed by atoms with Gasteiger partial charge in [-0.1, -0.05) is 19.3 Å². The number of hydrogen-bond donors (Lipinski definition) is 0. The van der Waals surface area contributed by atoms with Gasteiger partial charge in [-0.05, 0) is 42.9 Å². The molecule has 0 aliphatic heterocycles. The maximum atomic E-state index is 1.62. The van der Waals surface area contributed by atoms with Crippen LogP contribution in [-0.2, 0) is 0 Å². The summed E-state index contributed by atoms with van der Waals surface area (Å²) < 4.78 is 0. The molecule has 0 N–H and O–H groups in total. The second-order valence-corrected chi connectivity index (χ2v) is 4.72. The molecule has 0 aromatic heterocycles. The zero-order valence-electron chi connectivity index (χ0n) is 6.60. The Morgan fingerprint density at radius 3 is 2.60 bits per heavy atom. The van der Waals surface area contributed by atoms with Gasteiger partial charge < -0.3 is 0 Å². The highest BCUT2D eigenvalue weighted by atomic mass is 14.6. The quantitative estimate of drug-likeness (QED) is 0.480. The maximum absolute atomic E-state index is 1.62. The van der Waals surface area contributed by atoms with E-state index in [1.165, 1.54) is 11.8 Å². The minimum absolute atomic E-state index is 0.933. The van der Waals surface area contributed by atoms with Gasteiger partial charge in [-0.15, -0.1) is 0 Å². The Kier molecular flexibility index (Phi) is 0.898. The fourth-order valence-corrected chi connectivity index (χ4v) is 4.09. The van der Waals surface area contributed by atoms with Gasteiger partial charge in [0.05, 0.1) is 0 Å². The standard InChI is InChI=1S/C10H16/c1-3-8-7-10(5-1)6-2-4-9(8)10/h8-9H,1-7H2. The van der Waals surface area contributed by atoms with Crippen molar-refractivity contribution >= 4 is 0 Å². The summed E-state index contributed by atoms with van der Waals surface area (Å²) in [6.45, 7) is 0. The second-order valence-electron chi connectivity index (χ2n) is 4.72. The van der Waals surface area contributed by atoms with Crippen molar-refractivity contribution in [3.63, 3.8) is 0 Å². The molecule has 3 atom stereocenters. The van der Waals surface area contributed by atoms with E-state index in [1.54, 1.807) is 44.9 Å². The van der Waals surface area contributed by atoms with Crippen molar-refractivity contribution in [2.75, 3.05) is 0 Å². The van der Waals surface area contributed by atoms with Crippen LogP contribution < -0.4 is 0 Å². The third-order valence-corrected chi connectivity index (χ3v) is 4.46. The Morgan fingerprint density at radius 1 is 1.00 bits per heavy atom. The fraction of sp³-hybridized carbons (Fsp3) is 1.00. The first-order valence-corrected chi connectivity index (χ1v) is 4.91. The highest BCUT2D eigenvalue weighted by Crippen LogP contribution is 2.67. The highest BCUT2D eigenvalue weighted by Gasteiger charge is 2.57. The van der Waals surface area contributed by atoms with Gasteiger partial charge in [-0.3, -0.25) is 0 Å². The summed E-state index contributed by atoms with van der Waals surface area (Å²) in [7, 11) is 0. The smallest absolute Gasteiger partial charge is 0.0264 e. The summed E-state index contributed by atoms with van der Waals surface area (Å²) in [5, 5.41) is 0. The maximum Gasteiger partial charge on any atom is -0.0264 e. The minimum Gasteiger partial charge on any atom is -0.0525 e. The van der Waals surface area contributed by atoms with Crippen LogP contribution in [-0.4, -0.2) is 0 Å². The predicted molar refractivity (Wildman–Crippen MR) is 41.7 cm³/mol. The van der Waals surface area contributed by atoms with Crippen LogP contribution in [0.1, 0.15) is 44.9 Å². The molecule has 0 nitrogen and oxygen atoms in total. The van der Waals surface area contributed by atoms with E-state index in [2.05, 4.69) is 0 Å². The lowest BCUT2D eigenvalue weighted by Crippen LogP contribution is -2.47. The molecule has 0 aromatic rings. The summed E-state index contributed by atoms with van der Waals surface area (Å²) in [6.07, 6.45) is 11.1. The molecule has 0 saturated heterocycles. The molecule has 2 bridgehead atoms. The summed E-state index contributed by atoms with van der Waals surface area (Å²) in [6, 6.07) is 0. The Balaban J connectivity index is 1.93. The molecule has 0 amide bonds. The van der Waals surface area contributed by atoms with Gasteiger partial charge in [0.2, 0.25) is 0 Å². The molecule has 56 valence electrons. The third kappa shape index (κ3) is 0.466. The van der Waals surface area contributed by atoms with E-state index in [1.807, 2.05) is 0 Å². The van der Waals surface area contributed by atoms with Crippen LogP contribution in [0.5, 0.6) is 0 Å². The molecule has 1 spiro atoms. The average Bonchev–Trinajstić information content (AvgIpc) is 2.29. The van der Waals surface area contributed by atoms with E-state index in [0.717, 1.165) is 5.41 Å². The molecule has 4 saturated carbocycles. The minimum atomic E-state index is 0.933. The van der Waals surface area contributed by atoms with Crippen LogP contribution in [0.4, 0.5) is 0 Å². The monoisotopic (exact) mass is 136 g/mol. The van der Waals surface area contributed by atoms with E-state index in [-0.39, 0.29) is 0 Å². The van der Waals surface area contributed by atoms with Crippen molar-refractivity contribution in [2.24, 2.45) is 17.3 Å². The molecular weight excluding hydrogens is 120 g/mol. The number of fused-ring (bicyclic) bond motifs is 2. The van der Waals surface area contributed by atoms with E-state index in [4.69, 9.17) is 0 Å². The Bertz CT molecular complexity index is 157. The molecule has 4 rings (SSSR count). The van der Waals surface area contributed by atoms with Gasteiger partial charge in [0.1, 0.15) is 0 Å². The zero-order valence-corrected chi connectivity index (χ0v) is 6.60. The van der Waals surface area contributed by atoms with Crippen LogP contribution in [0.15, 0.2) is 0 Å². The van der Waals surface area contributed by atoms with Crippen LogP contribution in [0.3, 0.4) is 0 Å². The van der Waals surface area contributed by atoms with Crippen molar-refractivity contribution in [3.8, 4) is 0 Å². The van der Waals surface area contributed by atoms with E-state index in [9.17, 15) is 0 Å². The van der Waals surface area contributed by atoms with Crippen molar-refractivity contribution in [3.05, 3.63) is 0 Å². The van der Waals surface area contributed by atoms with E-state index < -0.39 is 0 Å². The molecule has 4 fully saturated rings. The molecule has 10 heavy (non-hydrogen) atoms. The molecular formula is C10H16. The van der Waals surface area contributed by atoms with Gasteiger partial charge in [0.25, 0.3) is 0 Å². The lowest BCUT2D eigenvalue weighted by atomic mass is 9.49. The molecule has 3 unspecified atom stereocenters. The van der Waals surface area contributed by atoms with Crippen LogP contribution in [0.25, 0.3) is 0 Å². The first-order valence-electron chi connectivity index (χ1n) is 4.91. The van der Waals surface area contributed by atoms with Gasteiger partial charge in [-0.25, -0.2) is 0 Å². The largest absolute Gasteiger partial charge is 0.0525 e. The number of rotatable bonds is 0. The summed E-state index contributed by atoms with van der Waals surface area (Å²) >= 11 is 0. The molecule has 0 aromatic carbocycles. The van der Waals surface area contributed by atoms with Gasteiger partial charge in [-0.2, -0.15) is 0 Å². The molecule has 0 radical (unpaired) electrons. The molecule has 4 aliphatic rings.